The van der Waals surface area contributed by atoms with Gasteiger partial charge in [-0.05, 0) is 24.0 Å². The summed E-state index contributed by atoms with van der Waals surface area (Å²) in [4.78, 5) is 0. The highest BCUT2D eigenvalue weighted by molar-refractivity contribution is 5.67. The molecule has 0 radical (unpaired) electrons. The summed E-state index contributed by atoms with van der Waals surface area (Å²) in [5.41, 5.74) is 8.00. The van der Waals surface area contributed by atoms with E-state index in [1.807, 2.05) is 32.2 Å². The molecule has 0 aliphatic rings. The Labute approximate surface area is 96.5 Å². The van der Waals surface area contributed by atoms with Gasteiger partial charge in [-0.1, -0.05) is 32.0 Å². The highest BCUT2D eigenvalue weighted by Crippen LogP contribution is 2.26. The lowest BCUT2D eigenvalue weighted by molar-refractivity contribution is 0.610. The maximum atomic E-state index is 14.0. The molecular weight excluding hydrogens is 203 g/mol. The fourth-order valence-electron chi connectivity index (χ4n) is 1.58. The van der Waals surface area contributed by atoms with Crippen LogP contribution in [-0.2, 0) is 0 Å². The Morgan fingerprint density at radius 2 is 2.06 bits per heavy atom. The van der Waals surface area contributed by atoms with E-state index in [1.165, 1.54) is 0 Å². The minimum absolute atomic E-state index is 0.139. The van der Waals surface area contributed by atoms with E-state index in [4.69, 9.17) is 0 Å². The SMILES string of the molecule is CNN/C=C(/c1cccc(C)c1F)C(C)C. The molecule has 0 bridgehead atoms. The van der Waals surface area contributed by atoms with Gasteiger partial charge < -0.3 is 5.43 Å². The average molecular weight is 222 g/mol. The van der Waals surface area contributed by atoms with Crippen molar-refractivity contribution in [3.63, 3.8) is 0 Å². The number of aryl methyl sites for hydroxylation is 1. The zero-order valence-corrected chi connectivity index (χ0v) is 10.3. The number of allylic oxidation sites excluding steroid dienone is 1. The predicted molar refractivity (Wildman–Crippen MR) is 66.1 cm³/mol. The van der Waals surface area contributed by atoms with Crippen molar-refractivity contribution in [1.82, 2.24) is 10.9 Å². The number of rotatable bonds is 4. The first-order valence-corrected chi connectivity index (χ1v) is 5.45. The van der Waals surface area contributed by atoms with Gasteiger partial charge in [0.25, 0.3) is 0 Å². The quantitative estimate of drug-likeness (QED) is 0.765. The molecule has 2 N–H and O–H groups in total. The van der Waals surface area contributed by atoms with Crippen molar-refractivity contribution in [1.29, 1.82) is 0 Å². The first kappa shape index (κ1) is 12.7. The number of hydrogen-bond donors (Lipinski definition) is 2. The van der Waals surface area contributed by atoms with Crippen LogP contribution < -0.4 is 10.9 Å². The molecule has 0 spiro atoms. The Morgan fingerprint density at radius 3 is 2.62 bits per heavy atom. The zero-order valence-electron chi connectivity index (χ0n) is 10.3. The first-order chi connectivity index (χ1) is 7.57. The van der Waals surface area contributed by atoms with Crippen LogP contribution >= 0.6 is 0 Å². The minimum Gasteiger partial charge on any atom is -0.329 e. The third kappa shape index (κ3) is 2.83. The van der Waals surface area contributed by atoms with Gasteiger partial charge >= 0.3 is 0 Å². The molecule has 16 heavy (non-hydrogen) atoms. The van der Waals surface area contributed by atoms with Crippen LogP contribution in [0.5, 0.6) is 0 Å². The lowest BCUT2D eigenvalue weighted by Gasteiger charge is -2.14. The van der Waals surface area contributed by atoms with E-state index in [0.29, 0.717) is 11.1 Å². The van der Waals surface area contributed by atoms with Gasteiger partial charge in [-0.25, -0.2) is 9.82 Å². The first-order valence-electron chi connectivity index (χ1n) is 5.45. The molecule has 1 aromatic carbocycles. The molecule has 0 amide bonds. The van der Waals surface area contributed by atoms with Gasteiger partial charge in [-0.15, -0.1) is 0 Å². The van der Waals surface area contributed by atoms with E-state index >= 15 is 0 Å². The second kappa shape index (κ2) is 5.66. The highest BCUT2D eigenvalue weighted by Gasteiger charge is 2.12. The molecule has 0 unspecified atom stereocenters. The third-order valence-corrected chi connectivity index (χ3v) is 2.50. The fourth-order valence-corrected chi connectivity index (χ4v) is 1.58. The molecule has 0 aliphatic carbocycles. The minimum atomic E-state index is -0.139. The van der Waals surface area contributed by atoms with Crippen LogP contribution in [0.15, 0.2) is 24.4 Å². The van der Waals surface area contributed by atoms with Crippen molar-refractivity contribution in [3.05, 3.63) is 41.3 Å². The number of hydrazine groups is 1. The van der Waals surface area contributed by atoms with Crippen molar-refractivity contribution in [3.8, 4) is 0 Å². The van der Waals surface area contributed by atoms with Crippen LogP contribution in [0.2, 0.25) is 0 Å². The summed E-state index contributed by atoms with van der Waals surface area (Å²) in [6, 6.07) is 5.47. The fraction of sp³-hybridized carbons (Fsp3) is 0.385. The van der Waals surface area contributed by atoms with E-state index in [0.717, 1.165) is 5.57 Å². The maximum Gasteiger partial charge on any atom is 0.133 e. The summed E-state index contributed by atoms with van der Waals surface area (Å²) in [5.74, 6) is 0.123. The Kier molecular flexibility index (Phi) is 4.50. The van der Waals surface area contributed by atoms with E-state index in [1.54, 1.807) is 20.0 Å². The third-order valence-electron chi connectivity index (χ3n) is 2.50. The lowest BCUT2D eigenvalue weighted by Crippen LogP contribution is -2.22. The van der Waals surface area contributed by atoms with Crippen molar-refractivity contribution in [2.24, 2.45) is 5.92 Å². The van der Waals surface area contributed by atoms with Crippen molar-refractivity contribution in [2.75, 3.05) is 7.05 Å². The molecule has 0 heterocycles. The Bertz CT molecular complexity index is 384. The van der Waals surface area contributed by atoms with Crippen LogP contribution in [0, 0.1) is 18.7 Å². The monoisotopic (exact) mass is 222 g/mol. The second-order valence-corrected chi connectivity index (χ2v) is 4.09. The highest BCUT2D eigenvalue weighted by atomic mass is 19.1. The molecule has 2 nitrogen and oxygen atoms in total. The maximum absolute atomic E-state index is 14.0. The standard InChI is InChI=1S/C13H19FN2/c1-9(2)12(8-16-15-4)11-7-5-6-10(3)13(11)14/h5-9,15-16H,1-4H3/b12-8+. The van der Waals surface area contributed by atoms with Crippen LogP contribution in [0.25, 0.3) is 5.57 Å². The van der Waals surface area contributed by atoms with E-state index in [9.17, 15) is 4.39 Å². The average Bonchev–Trinajstić information content (AvgIpc) is 2.24. The molecule has 1 aromatic rings. The molecule has 0 saturated heterocycles. The summed E-state index contributed by atoms with van der Waals surface area (Å²) in [6.07, 6.45) is 1.81. The number of nitrogens with one attached hydrogen (secondary N) is 2. The molecule has 1 rings (SSSR count). The van der Waals surface area contributed by atoms with Crippen molar-refractivity contribution >= 4 is 5.57 Å². The normalized spacial score (nSPS) is 12.0. The zero-order chi connectivity index (χ0) is 12.1. The molecule has 0 aromatic heterocycles. The predicted octanol–water partition coefficient (Wildman–Crippen LogP) is 2.86. The summed E-state index contributed by atoms with van der Waals surface area (Å²) < 4.78 is 14.0. The number of hydrogen-bond acceptors (Lipinski definition) is 2. The van der Waals surface area contributed by atoms with Gasteiger partial charge in [0.15, 0.2) is 0 Å². The topological polar surface area (TPSA) is 24.1 Å². The van der Waals surface area contributed by atoms with Crippen LogP contribution in [0.3, 0.4) is 0 Å². The molecule has 0 fully saturated rings. The van der Waals surface area contributed by atoms with Gasteiger partial charge in [0.1, 0.15) is 5.82 Å². The largest absolute Gasteiger partial charge is 0.329 e. The van der Waals surface area contributed by atoms with Crippen LogP contribution in [0.1, 0.15) is 25.0 Å². The van der Waals surface area contributed by atoms with E-state index in [2.05, 4.69) is 10.9 Å². The van der Waals surface area contributed by atoms with Gasteiger partial charge in [-0.3, -0.25) is 0 Å². The van der Waals surface area contributed by atoms with E-state index < -0.39 is 0 Å². The summed E-state index contributed by atoms with van der Waals surface area (Å²) in [7, 11) is 1.78. The van der Waals surface area contributed by atoms with Gasteiger partial charge in [0, 0.05) is 18.8 Å². The van der Waals surface area contributed by atoms with Crippen molar-refractivity contribution in [2.45, 2.75) is 20.8 Å². The molecule has 0 aliphatic heterocycles. The van der Waals surface area contributed by atoms with Crippen LogP contribution in [0.4, 0.5) is 4.39 Å². The molecule has 3 heteroatoms. The molecule has 0 atom stereocenters. The second-order valence-electron chi connectivity index (χ2n) is 4.09. The Hall–Kier alpha value is -1.35. The molecule has 88 valence electrons. The summed E-state index contributed by atoms with van der Waals surface area (Å²) in [6.45, 7) is 5.87. The van der Waals surface area contributed by atoms with Crippen LogP contribution in [-0.4, -0.2) is 7.05 Å². The Morgan fingerprint density at radius 1 is 1.38 bits per heavy atom. The summed E-state index contributed by atoms with van der Waals surface area (Å²) in [5, 5.41) is 0. The smallest absolute Gasteiger partial charge is 0.133 e. The lowest BCUT2D eigenvalue weighted by atomic mass is 9.94. The number of halogens is 1. The van der Waals surface area contributed by atoms with E-state index in [-0.39, 0.29) is 11.7 Å². The Balaban J connectivity index is 3.16. The molecular formula is C13H19FN2. The van der Waals surface area contributed by atoms with Gasteiger partial charge in [0.2, 0.25) is 0 Å². The number of benzene rings is 1. The van der Waals surface area contributed by atoms with Crippen molar-refractivity contribution < 1.29 is 4.39 Å². The van der Waals surface area contributed by atoms with Gasteiger partial charge in [-0.2, -0.15) is 0 Å². The molecule has 0 saturated carbocycles. The summed E-state index contributed by atoms with van der Waals surface area (Å²) >= 11 is 0. The van der Waals surface area contributed by atoms with Gasteiger partial charge in [0.05, 0.1) is 0 Å².